The molecule has 0 saturated heterocycles. The summed E-state index contributed by atoms with van der Waals surface area (Å²) in [6.45, 7) is 3.98. The molecule has 0 aliphatic carbocycles. The van der Waals surface area contributed by atoms with E-state index in [9.17, 15) is 4.79 Å². The first kappa shape index (κ1) is 13.7. The highest BCUT2D eigenvalue weighted by atomic mass is 16.5. The quantitative estimate of drug-likeness (QED) is 0.768. The Labute approximate surface area is 113 Å². The highest BCUT2D eigenvalue weighted by Crippen LogP contribution is 2.21. The average Bonchev–Trinajstić information content (AvgIpc) is 2.44. The van der Waals surface area contributed by atoms with Gasteiger partial charge in [0, 0.05) is 30.7 Å². The largest absolute Gasteiger partial charge is 0.379 e. The lowest BCUT2D eigenvalue weighted by molar-refractivity contribution is 0.0142. The Hall–Kier alpha value is -1.74. The van der Waals surface area contributed by atoms with Crippen LogP contribution in [0.15, 0.2) is 36.5 Å². The molecule has 19 heavy (non-hydrogen) atoms. The minimum Gasteiger partial charge on any atom is -0.379 e. The van der Waals surface area contributed by atoms with E-state index in [0.29, 0.717) is 12.8 Å². The number of fused-ring (bicyclic) bond motifs is 1. The average molecular weight is 257 g/mol. The van der Waals surface area contributed by atoms with Gasteiger partial charge in [0.2, 0.25) is 0 Å². The van der Waals surface area contributed by atoms with E-state index in [1.54, 1.807) is 13.3 Å². The van der Waals surface area contributed by atoms with E-state index in [1.165, 1.54) is 0 Å². The summed E-state index contributed by atoms with van der Waals surface area (Å²) in [5, 5.41) is 0.922. The number of nitrogens with zero attached hydrogens (tertiary/aromatic N) is 1. The van der Waals surface area contributed by atoms with Crippen LogP contribution in [-0.4, -0.2) is 23.5 Å². The van der Waals surface area contributed by atoms with Crippen LogP contribution in [0.3, 0.4) is 0 Å². The van der Waals surface area contributed by atoms with Crippen LogP contribution in [0.25, 0.3) is 10.9 Å². The Morgan fingerprint density at radius 1 is 1.26 bits per heavy atom. The molecular formula is C16H19NO2. The number of rotatable bonds is 5. The molecule has 3 heteroatoms. The van der Waals surface area contributed by atoms with Crippen LogP contribution in [0, 0.1) is 0 Å². The van der Waals surface area contributed by atoms with Crippen LogP contribution in [0.5, 0.6) is 0 Å². The van der Waals surface area contributed by atoms with Crippen LogP contribution < -0.4 is 0 Å². The smallest absolute Gasteiger partial charge is 0.163 e. The first-order valence-corrected chi connectivity index (χ1v) is 6.45. The van der Waals surface area contributed by atoms with Crippen LogP contribution in [0.4, 0.5) is 0 Å². The van der Waals surface area contributed by atoms with Gasteiger partial charge in [-0.3, -0.25) is 9.78 Å². The van der Waals surface area contributed by atoms with E-state index in [1.807, 2.05) is 44.2 Å². The maximum atomic E-state index is 12.3. The molecule has 0 amide bonds. The second kappa shape index (κ2) is 5.49. The lowest BCUT2D eigenvalue weighted by Gasteiger charge is -2.22. The summed E-state index contributed by atoms with van der Waals surface area (Å²) in [4.78, 5) is 16.6. The summed E-state index contributed by atoms with van der Waals surface area (Å²) in [5.41, 5.74) is 1.34. The van der Waals surface area contributed by atoms with Gasteiger partial charge in [-0.2, -0.15) is 0 Å². The standard InChI is InChI=1S/C16H19NO2/c1-16(2,19-3)10-9-15(18)13-6-4-8-14-12(13)7-5-11-17-14/h4-8,11H,9-10H2,1-3H3. The highest BCUT2D eigenvalue weighted by Gasteiger charge is 2.19. The number of carbonyl (C=O) groups excluding carboxylic acids is 1. The van der Waals surface area contributed by atoms with Gasteiger partial charge in [-0.05, 0) is 32.4 Å². The molecule has 3 nitrogen and oxygen atoms in total. The van der Waals surface area contributed by atoms with Crippen molar-refractivity contribution in [3.05, 3.63) is 42.1 Å². The molecule has 1 aromatic heterocycles. The van der Waals surface area contributed by atoms with Gasteiger partial charge in [-0.25, -0.2) is 0 Å². The van der Waals surface area contributed by atoms with Crippen molar-refractivity contribution >= 4 is 16.7 Å². The molecule has 1 aromatic carbocycles. The number of hydrogen-bond acceptors (Lipinski definition) is 3. The van der Waals surface area contributed by atoms with Crippen LogP contribution in [0.1, 0.15) is 37.0 Å². The number of pyridine rings is 1. The van der Waals surface area contributed by atoms with Gasteiger partial charge >= 0.3 is 0 Å². The van der Waals surface area contributed by atoms with Gasteiger partial charge in [0.1, 0.15) is 0 Å². The van der Waals surface area contributed by atoms with Crippen molar-refractivity contribution in [3.8, 4) is 0 Å². The number of carbonyl (C=O) groups is 1. The van der Waals surface area contributed by atoms with E-state index >= 15 is 0 Å². The number of aromatic nitrogens is 1. The predicted octanol–water partition coefficient (Wildman–Crippen LogP) is 3.62. The molecule has 2 rings (SSSR count). The Kier molecular flexibility index (Phi) is 3.96. The summed E-state index contributed by atoms with van der Waals surface area (Å²) >= 11 is 0. The minimum atomic E-state index is -0.265. The fourth-order valence-corrected chi connectivity index (χ4v) is 2.00. The zero-order chi connectivity index (χ0) is 13.9. The second-order valence-electron chi connectivity index (χ2n) is 5.26. The molecule has 0 N–H and O–H groups in total. The number of Topliss-reactive ketones (excluding diaryl/α,β-unsaturated/α-hetero) is 1. The molecule has 0 bridgehead atoms. The van der Waals surface area contributed by atoms with Crippen LogP contribution in [-0.2, 0) is 4.74 Å². The maximum absolute atomic E-state index is 12.3. The third-order valence-corrected chi connectivity index (χ3v) is 3.45. The Morgan fingerprint density at radius 2 is 2.05 bits per heavy atom. The van der Waals surface area contributed by atoms with Gasteiger partial charge in [-0.1, -0.05) is 18.2 Å². The first-order chi connectivity index (χ1) is 9.03. The van der Waals surface area contributed by atoms with E-state index in [2.05, 4.69) is 4.98 Å². The van der Waals surface area contributed by atoms with Crippen LogP contribution in [0.2, 0.25) is 0 Å². The van der Waals surface area contributed by atoms with E-state index in [0.717, 1.165) is 16.5 Å². The molecule has 100 valence electrons. The summed E-state index contributed by atoms with van der Waals surface area (Å²) in [6.07, 6.45) is 2.93. The third kappa shape index (κ3) is 3.18. The monoisotopic (exact) mass is 257 g/mol. The van der Waals surface area contributed by atoms with E-state index in [-0.39, 0.29) is 11.4 Å². The lowest BCUT2D eigenvalue weighted by atomic mass is 9.96. The zero-order valence-corrected chi connectivity index (χ0v) is 11.6. The molecular weight excluding hydrogens is 238 g/mol. The number of hydrogen-bond donors (Lipinski definition) is 0. The summed E-state index contributed by atoms with van der Waals surface area (Å²) < 4.78 is 5.35. The topological polar surface area (TPSA) is 39.2 Å². The number of ether oxygens (including phenoxy) is 1. The first-order valence-electron chi connectivity index (χ1n) is 6.45. The molecule has 1 heterocycles. The Balaban J connectivity index is 2.23. The van der Waals surface area contributed by atoms with Crippen molar-refractivity contribution in [1.29, 1.82) is 0 Å². The van der Waals surface area contributed by atoms with E-state index in [4.69, 9.17) is 4.74 Å². The predicted molar refractivity (Wildman–Crippen MR) is 76.4 cm³/mol. The van der Waals surface area contributed by atoms with Gasteiger partial charge in [0.05, 0.1) is 11.1 Å². The molecule has 2 aromatic rings. The third-order valence-electron chi connectivity index (χ3n) is 3.45. The van der Waals surface area contributed by atoms with Crippen molar-refractivity contribution in [2.45, 2.75) is 32.3 Å². The molecule has 0 radical (unpaired) electrons. The van der Waals surface area contributed by atoms with Crippen molar-refractivity contribution in [1.82, 2.24) is 4.98 Å². The van der Waals surface area contributed by atoms with Crippen molar-refractivity contribution in [3.63, 3.8) is 0 Å². The van der Waals surface area contributed by atoms with Crippen molar-refractivity contribution in [2.75, 3.05) is 7.11 Å². The zero-order valence-electron chi connectivity index (χ0n) is 11.6. The maximum Gasteiger partial charge on any atom is 0.163 e. The number of benzene rings is 1. The number of ketones is 1. The van der Waals surface area contributed by atoms with Crippen molar-refractivity contribution in [2.24, 2.45) is 0 Å². The van der Waals surface area contributed by atoms with Gasteiger partial charge in [0.15, 0.2) is 5.78 Å². The SMILES string of the molecule is COC(C)(C)CCC(=O)c1cccc2ncccc12. The molecule has 0 aliphatic rings. The second-order valence-corrected chi connectivity index (χ2v) is 5.26. The summed E-state index contributed by atoms with van der Waals surface area (Å²) in [7, 11) is 1.67. The summed E-state index contributed by atoms with van der Waals surface area (Å²) in [5.74, 6) is 0.142. The van der Waals surface area contributed by atoms with E-state index < -0.39 is 0 Å². The highest BCUT2D eigenvalue weighted by molar-refractivity contribution is 6.07. The Bertz CT molecular complexity index is 585. The molecule has 0 saturated carbocycles. The number of methoxy groups -OCH3 is 1. The van der Waals surface area contributed by atoms with Crippen LogP contribution >= 0.6 is 0 Å². The molecule has 0 spiro atoms. The van der Waals surface area contributed by atoms with Gasteiger partial charge in [0.25, 0.3) is 0 Å². The molecule has 0 atom stereocenters. The van der Waals surface area contributed by atoms with Gasteiger partial charge < -0.3 is 4.74 Å². The fourth-order valence-electron chi connectivity index (χ4n) is 2.00. The molecule has 0 unspecified atom stereocenters. The minimum absolute atomic E-state index is 0.142. The van der Waals surface area contributed by atoms with Gasteiger partial charge in [-0.15, -0.1) is 0 Å². The normalized spacial score (nSPS) is 11.7. The lowest BCUT2D eigenvalue weighted by Crippen LogP contribution is -2.23. The fraction of sp³-hybridized carbons (Fsp3) is 0.375. The van der Waals surface area contributed by atoms with Crippen molar-refractivity contribution < 1.29 is 9.53 Å². The molecule has 0 fully saturated rings. The Morgan fingerprint density at radius 3 is 2.79 bits per heavy atom. The summed E-state index contributed by atoms with van der Waals surface area (Å²) in [6, 6.07) is 9.47. The molecule has 0 aliphatic heterocycles.